The number of aromatic nitrogens is 1. The van der Waals surface area contributed by atoms with Crippen LogP contribution in [-0.2, 0) is 6.54 Å². The van der Waals surface area contributed by atoms with Crippen molar-refractivity contribution in [2.45, 2.75) is 6.54 Å². The lowest BCUT2D eigenvalue weighted by molar-refractivity contribution is 0.102. The maximum absolute atomic E-state index is 12.3. The second kappa shape index (κ2) is 9.07. The number of carbonyl (C=O) groups excluding carboxylic acids is 1. The molecule has 6 heteroatoms. The number of piperazine rings is 1. The van der Waals surface area contributed by atoms with E-state index in [0.29, 0.717) is 10.6 Å². The highest BCUT2D eigenvalue weighted by Gasteiger charge is 2.17. The molecule has 1 saturated heterocycles. The molecule has 2 aromatic carbocycles. The smallest absolute Gasteiger partial charge is 0.255 e. The number of halogens is 1. The number of benzene rings is 2. The molecule has 2 heterocycles. The molecule has 0 unspecified atom stereocenters. The van der Waals surface area contributed by atoms with Crippen LogP contribution in [0.5, 0.6) is 0 Å². The van der Waals surface area contributed by atoms with Crippen LogP contribution in [0.4, 0.5) is 11.5 Å². The molecule has 0 aliphatic carbocycles. The minimum Gasteiger partial charge on any atom is -0.354 e. The van der Waals surface area contributed by atoms with Crippen molar-refractivity contribution in [1.29, 1.82) is 0 Å². The third-order valence-corrected chi connectivity index (χ3v) is 5.29. The van der Waals surface area contributed by atoms with Crippen molar-refractivity contribution in [3.05, 3.63) is 89.1 Å². The fraction of sp³-hybridized carbons (Fsp3) is 0.217. The van der Waals surface area contributed by atoms with Crippen LogP contribution in [0.25, 0.3) is 0 Å². The largest absolute Gasteiger partial charge is 0.354 e. The molecular formula is C23H23ClN4O. The van der Waals surface area contributed by atoms with Crippen molar-refractivity contribution in [2.24, 2.45) is 0 Å². The topological polar surface area (TPSA) is 48.5 Å². The van der Waals surface area contributed by atoms with E-state index in [1.807, 2.05) is 30.5 Å². The Balaban J connectivity index is 1.29. The average Bonchev–Trinajstić information content (AvgIpc) is 2.76. The van der Waals surface area contributed by atoms with Gasteiger partial charge < -0.3 is 10.2 Å². The van der Waals surface area contributed by atoms with Crippen molar-refractivity contribution in [3.8, 4) is 0 Å². The highest BCUT2D eigenvalue weighted by Crippen LogP contribution is 2.17. The van der Waals surface area contributed by atoms with Crippen molar-refractivity contribution in [2.75, 3.05) is 36.4 Å². The van der Waals surface area contributed by atoms with E-state index in [1.165, 1.54) is 5.56 Å². The molecule has 29 heavy (non-hydrogen) atoms. The number of hydrogen-bond acceptors (Lipinski definition) is 4. The summed E-state index contributed by atoms with van der Waals surface area (Å²) in [6.07, 6.45) is 1.84. The van der Waals surface area contributed by atoms with Gasteiger partial charge in [-0.3, -0.25) is 9.69 Å². The van der Waals surface area contributed by atoms with Crippen LogP contribution < -0.4 is 10.2 Å². The minimum atomic E-state index is -0.161. The van der Waals surface area contributed by atoms with Crippen molar-refractivity contribution < 1.29 is 4.79 Å². The van der Waals surface area contributed by atoms with Gasteiger partial charge in [-0.25, -0.2) is 4.98 Å². The van der Waals surface area contributed by atoms with Gasteiger partial charge in [0.2, 0.25) is 0 Å². The molecule has 0 bridgehead atoms. The van der Waals surface area contributed by atoms with Crippen molar-refractivity contribution in [1.82, 2.24) is 9.88 Å². The van der Waals surface area contributed by atoms with Gasteiger partial charge in [-0.2, -0.15) is 0 Å². The van der Waals surface area contributed by atoms with E-state index in [1.54, 1.807) is 24.3 Å². The van der Waals surface area contributed by atoms with Crippen LogP contribution in [0, 0.1) is 0 Å². The Morgan fingerprint density at radius 1 is 0.966 bits per heavy atom. The first-order chi connectivity index (χ1) is 14.2. The summed E-state index contributed by atoms with van der Waals surface area (Å²) in [6, 6.07) is 21.0. The van der Waals surface area contributed by atoms with Gasteiger partial charge in [-0.1, -0.05) is 35.9 Å². The molecule has 4 rings (SSSR count). The van der Waals surface area contributed by atoms with Crippen LogP contribution in [0.1, 0.15) is 15.9 Å². The normalized spacial score (nSPS) is 14.6. The summed E-state index contributed by atoms with van der Waals surface area (Å²) in [5.74, 6) is 0.887. The van der Waals surface area contributed by atoms with E-state index in [4.69, 9.17) is 11.6 Å². The maximum Gasteiger partial charge on any atom is 0.255 e. The van der Waals surface area contributed by atoms with E-state index >= 15 is 0 Å². The summed E-state index contributed by atoms with van der Waals surface area (Å²) >= 11 is 5.96. The Hall–Kier alpha value is -2.89. The Bertz CT molecular complexity index is 954. The van der Waals surface area contributed by atoms with Gasteiger partial charge in [0, 0.05) is 55.2 Å². The lowest BCUT2D eigenvalue weighted by Crippen LogP contribution is -2.46. The Kier molecular flexibility index (Phi) is 6.08. The molecule has 1 amide bonds. The molecule has 5 nitrogen and oxygen atoms in total. The Morgan fingerprint density at radius 3 is 2.45 bits per heavy atom. The molecule has 0 atom stereocenters. The van der Waals surface area contributed by atoms with Gasteiger partial charge in [0.15, 0.2) is 0 Å². The number of nitrogens with zero attached hydrogens (tertiary/aromatic N) is 3. The number of pyridine rings is 1. The number of carbonyl (C=O) groups is 1. The van der Waals surface area contributed by atoms with Crippen molar-refractivity contribution in [3.63, 3.8) is 0 Å². The maximum atomic E-state index is 12.3. The van der Waals surface area contributed by atoms with E-state index in [-0.39, 0.29) is 5.91 Å². The molecule has 1 aromatic heterocycles. The number of rotatable bonds is 5. The van der Waals surface area contributed by atoms with E-state index in [9.17, 15) is 4.79 Å². The zero-order chi connectivity index (χ0) is 20.1. The van der Waals surface area contributed by atoms with Crippen LogP contribution in [0.15, 0.2) is 72.9 Å². The molecule has 1 fully saturated rings. The Morgan fingerprint density at radius 2 is 1.76 bits per heavy atom. The standard InChI is InChI=1S/C23H23ClN4O/c24-20-5-3-4-19(16-20)23(29)26-21-9-7-18(8-10-21)17-27-12-14-28(15-13-27)22-6-1-2-11-25-22/h1-11,16H,12-15,17H2,(H,26,29). The zero-order valence-electron chi connectivity index (χ0n) is 16.1. The Labute approximate surface area is 175 Å². The fourth-order valence-electron chi connectivity index (χ4n) is 3.46. The minimum absolute atomic E-state index is 0.161. The zero-order valence-corrected chi connectivity index (χ0v) is 16.8. The summed E-state index contributed by atoms with van der Waals surface area (Å²) in [5, 5.41) is 3.47. The number of hydrogen-bond donors (Lipinski definition) is 1. The van der Waals surface area contributed by atoms with Gasteiger partial charge in [-0.15, -0.1) is 0 Å². The van der Waals surface area contributed by atoms with E-state index in [0.717, 1.165) is 44.2 Å². The van der Waals surface area contributed by atoms with E-state index < -0.39 is 0 Å². The predicted octanol–water partition coefficient (Wildman–Crippen LogP) is 4.31. The average molecular weight is 407 g/mol. The van der Waals surface area contributed by atoms with Gasteiger partial charge in [0.05, 0.1) is 0 Å². The molecule has 0 radical (unpaired) electrons. The molecule has 1 aliphatic rings. The molecule has 1 aliphatic heterocycles. The molecular weight excluding hydrogens is 384 g/mol. The van der Waals surface area contributed by atoms with Crippen LogP contribution >= 0.6 is 11.6 Å². The highest BCUT2D eigenvalue weighted by molar-refractivity contribution is 6.31. The first-order valence-corrected chi connectivity index (χ1v) is 10.1. The summed E-state index contributed by atoms with van der Waals surface area (Å²) in [7, 11) is 0. The van der Waals surface area contributed by atoms with Crippen LogP contribution in [0.3, 0.4) is 0 Å². The first kappa shape index (κ1) is 19.4. The van der Waals surface area contributed by atoms with E-state index in [2.05, 4.69) is 38.3 Å². The molecule has 148 valence electrons. The number of nitrogens with one attached hydrogen (secondary N) is 1. The molecule has 0 saturated carbocycles. The monoisotopic (exact) mass is 406 g/mol. The van der Waals surface area contributed by atoms with Gasteiger partial charge in [0.25, 0.3) is 5.91 Å². The summed E-state index contributed by atoms with van der Waals surface area (Å²) in [6.45, 7) is 4.86. The first-order valence-electron chi connectivity index (χ1n) is 9.71. The van der Waals surface area contributed by atoms with Crippen LogP contribution in [0.2, 0.25) is 5.02 Å². The van der Waals surface area contributed by atoms with Crippen LogP contribution in [-0.4, -0.2) is 42.0 Å². The lowest BCUT2D eigenvalue weighted by atomic mass is 10.1. The van der Waals surface area contributed by atoms with Gasteiger partial charge >= 0.3 is 0 Å². The second-order valence-corrected chi connectivity index (χ2v) is 7.55. The third-order valence-electron chi connectivity index (χ3n) is 5.05. The second-order valence-electron chi connectivity index (χ2n) is 7.11. The van der Waals surface area contributed by atoms with Gasteiger partial charge in [-0.05, 0) is 48.0 Å². The third kappa shape index (κ3) is 5.13. The highest BCUT2D eigenvalue weighted by atomic mass is 35.5. The lowest BCUT2D eigenvalue weighted by Gasteiger charge is -2.35. The van der Waals surface area contributed by atoms with Crippen molar-refractivity contribution >= 4 is 29.0 Å². The summed E-state index contributed by atoms with van der Waals surface area (Å²) in [5.41, 5.74) is 2.56. The summed E-state index contributed by atoms with van der Waals surface area (Å²) in [4.78, 5) is 21.5. The summed E-state index contributed by atoms with van der Waals surface area (Å²) < 4.78 is 0. The number of amides is 1. The molecule has 1 N–H and O–H groups in total. The number of anilines is 2. The molecule has 0 spiro atoms. The SMILES string of the molecule is O=C(Nc1ccc(CN2CCN(c3ccccn3)CC2)cc1)c1cccc(Cl)c1. The fourth-order valence-corrected chi connectivity index (χ4v) is 3.65. The molecule has 3 aromatic rings. The predicted molar refractivity (Wildman–Crippen MR) is 118 cm³/mol. The quantitative estimate of drug-likeness (QED) is 0.686. The van der Waals surface area contributed by atoms with Gasteiger partial charge in [0.1, 0.15) is 5.82 Å².